The van der Waals surface area contributed by atoms with Crippen LogP contribution in [0.5, 0.6) is 0 Å². The van der Waals surface area contributed by atoms with Gasteiger partial charge in [-0.05, 0) is 37.0 Å². The van der Waals surface area contributed by atoms with Gasteiger partial charge in [0.2, 0.25) is 5.78 Å². The van der Waals surface area contributed by atoms with Crippen LogP contribution < -0.4 is 4.90 Å². The minimum Gasteiger partial charge on any atom is -0.356 e. The van der Waals surface area contributed by atoms with E-state index in [9.17, 15) is 0 Å². The number of hydrogen-bond acceptors (Lipinski definition) is 3. The first kappa shape index (κ1) is 14.6. The Balaban J connectivity index is 1.57. The molecule has 6 heteroatoms. The molecule has 4 radical (unpaired) electrons. The van der Waals surface area contributed by atoms with Gasteiger partial charge in [0.25, 0.3) is 0 Å². The van der Waals surface area contributed by atoms with Crippen LogP contribution in [0.3, 0.4) is 0 Å². The molecule has 1 aromatic carbocycles. The van der Waals surface area contributed by atoms with Gasteiger partial charge in [-0.25, -0.2) is 4.98 Å². The fourth-order valence-electron chi connectivity index (χ4n) is 3.50. The van der Waals surface area contributed by atoms with E-state index in [4.69, 9.17) is 20.7 Å². The summed E-state index contributed by atoms with van der Waals surface area (Å²) in [7, 11) is 11.4. The molecule has 0 saturated carbocycles. The van der Waals surface area contributed by atoms with Crippen LogP contribution in [0, 0.1) is 5.92 Å². The van der Waals surface area contributed by atoms with Crippen molar-refractivity contribution >= 4 is 38.3 Å². The first-order chi connectivity index (χ1) is 11.2. The summed E-state index contributed by atoms with van der Waals surface area (Å²) in [5, 5.41) is 0. The van der Waals surface area contributed by atoms with Gasteiger partial charge in [0.15, 0.2) is 0 Å². The zero-order chi connectivity index (χ0) is 15.8. The molecule has 3 heterocycles. The van der Waals surface area contributed by atoms with Crippen LogP contribution in [0.1, 0.15) is 19.3 Å². The second-order valence-electron chi connectivity index (χ2n) is 6.39. The van der Waals surface area contributed by atoms with Crippen LogP contribution in [-0.4, -0.2) is 43.2 Å². The van der Waals surface area contributed by atoms with Gasteiger partial charge in [-0.2, -0.15) is 4.98 Å². The molecule has 0 atom stereocenters. The van der Waals surface area contributed by atoms with Crippen molar-refractivity contribution in [1.29, 1.82) is 0 Å². The highest BCUT2D eigenvalue weighted by Gasteiger charge is 2.21. The van der Waals surface area contributed by atoms with Crippen LogP contribution in [0.25, 0.3) is 16.8 Å². The highest BCUT2D eigenvalue weighted by molar-refractivity contribution is 6.35. The van der Waals surface area contributed by atoms with E-state index in [-0.39, 0.29) is 5.72 Å². The van der Waals surface area contributed by atoms with E-state index in [1.165, 1.54) is 0 Å². The molecule has 3 aromatic rings. The molecule has 0 spiro atoms. The van der Waals surface area contributed by atoms with Gasteiger partial charge in [0, 0.05) is 19.3 Å². The smallest absolute Gasteiger partial charge is 0.236 e. The Bertz CT molecular complexity index is 822. The molecule has 0 aliphatic carbocycles. The molecule has 1 aliphatic rings. The van der Waals surface area contributed by atoms with Crippen molar-refractivity contribution in [2.45, 2.75) is 25.0 Å². The average molecular weight is 300 g/mol. The Hall–Kier alpha value is -1.97. The third-order valence-corrected chi connectivity index (χ3v) is 4.71. The molecule has 1 fully saturated rings. The second kappa shape index (κ2) is 5.91. The maximum atomic E-state index is 5.71. The summed E-state index contributed by atoms with van der Waals surface area (Å²) in [6, 6.07) is 10.2. The van der Waals surface area contributed by atoms with E-state index in [0.717, 1.165) is 55.0 Å². The number of imidazole rings is 1. The summed E-state index contributed by atoms with van der Waals surface area (Å²) in [6.45, 7) is 2.00. The molecule has 0 bridgehead atoms. The molecule has 23 heavy (non-hydrogen) atoms. The maximum Gasteiger partial charge on any atom is 0.236 e. The molecule has 0 amide bonds. The first-order valence-electron chi connectivity index (χ1n) is 8.20. The van der Waals surface area contributed by atoms with Gasteiger partial charge >= 0.3 is 0 Å². The predicted octanol–water partition coefficient (Wildman–Crippen LogP) is 2.57. The normalized spacial score (nSPS) is 16.7. The average Bonchev–Trinajstić information content (AvgIpc) is 2.92. The number of anilines is 1. The maximum absolute atomic E-state index is 5.71. The van der Waals surface area contributed by atoms with Gasteiger partial charge in [0.05, 0.1) is 26.7 Å². The van der Waals surface area contributed by atoms with Crippen LogP contribution in [0.4, 0.5) is 5.82 Å². The standard InChI is InChI=1S/C17H18B2N4/c18-15(19)11-12-5-8-22(9-6-12)16-7-10-23-14-4-2-1-3-13(14)20-17(23)21-16/h1-4,7,10,12,15H,5-6,8-9,11H2. The number of hydrogen-bond donors (Lipinski definition) is 0. The van der Waals surface area contributed by atoms with Crippen molar-refractivity contribution in [3.63, 3.8) is 0 Å². The van der Waals surface area contributed by atoms with Crippen LogP contribution in [0.2, 0.25) is 5.72 Å². The summed E-state index contributed by atoms with van der Waals surface area (Å²) in [4.78, 5) is 11.7. The van der Waals surface area contributed by atoms with Crippen molar-refractivity contribution in [3.8, 4) is 0 Å². The molecule has 4 nitrogen and oxygen atoms in total. The number of fused-ring (bicyclic) bond motifs is 3. The van der Waals surface area contributed by atoms with Gasteiger partial charge in [0.1, 0.15) is 5.82 Å². The fraction of sp³-hybridized carbons (Fsp3) is 0.412. The fourth-order valence-corrected chi connectivity index (χ4v) is 3.50. The minimum atomic E-state index is -0.196. The molecule has 2 aromatic heterocycles. The van der Waals surface area contributed by atoms with Crippen molar-refractivity contribution in [2.75, 3.05) is 18.0 Å². The van der Waals surface area contributed by atoms with Crippen molar-refractivity contribution < 1.29 is 0 Å². The summed E-state index contributed by atoms with van der Waals surface area (Å²) >= 11 is 0. The summed E-state index contributed by atoms with van der Waals surface area (Å²) in [6.07, 6.45) is 5.21. The Morgan fingerprint density at radius 2 is 1.87 bits per heavy atom. The Morgan fingerprint density at radius 1 is 1.09 bits per heavy atom. The highest BCUT2D eigenvalue weighted by atomic mass is 15.2. The Morgan fingerprint density at radius 3 is 2.65 bits per heavy atom. The third-order valence-electron chi connectivity index (χ3n) is 4.71. The number of benzene rings is 1. The summed E-state index contributed by atoms with van der Waals surface area (Å²) < 4.78 is 2.04. The molecule has 0 unspecified atom stereocenters. The first-order valence-corrected chi connectivity index (χ1v) is 8.20. The monoisotopic (exact) mass is 300 g/mol. The lowest BCUT2D eigenvalue weighted by atomic mass is 9.65. The van der Waals surface area contributed by atoms with E-state index in [0.29, 0.717) is 5.92 Å². The van der Waals surface area contributed by atoms with Crippen molar-refractivity contribution in [1.82, 2.24) is 14.4 Å². The van der Waals surface area contributed by atoms with Gasteiger partial charge in [-0.3, -0.25) is 4.40 Å². The van der Waals surface area contributed by atoms with E-state index >= 15 is 0 Å². The zero-order valence-corrected chi connectivity index (χ0v) is 13.1. The van der Waals surface area contributed by atoms with Crippen molar-refractivity contribution in [3.05, 3.63) is 36.5 Å². The van der Waals surface area contributed by atoms with Crippen LogP contribution in [0.15, 0.2) is 36.5 Å². The lowest BCUT2D eigenvalue weighted by molar-refractivity contribution is 0.388. The molecule has 4 rings (SSSR count). The number of aromatic nitrogens is 3. The second-order valence-corrected chi connectivity index (χ2v) is 6.39. The Kier molecular flexibility index (Phi) is 3.76. The molecule has 1 saturated heterocycles. The number of nitrogens with zero attached hydrogens (tertiary/aromatic N) is 4. The Labute approximate surface area is 138 Å². The molecular formula is C17H18B2N4. The van der Waals surface area contributed by atoms with E-state index in [2.05, 4.69) is 28.2 Å². The summed E-state index contributed by atoms with van der Waals surface area (Å²) in [5.41, 5.74) is 1.88. The largest absolute Gasteiger partial charge is 0.356 e. The van der Waals surface area contributed by atoms with Gasteiger partial charge in [-0.15, -0.1) is 5.72 Å². The number of rotatable bonds is 3. The minimum absolute atomic E-state index is 0.196. The van der Waals surface area contributed by atoms with E-state index in [1.807, 2.05) is 22.6 Å². The van der Waals surface area contributed by atoms with Gasteiger partial charge < -0.3 is 4.90 Å². The lowest BCUT2D eigenvalue weighted by Crippen LogP contribution is -2.34. The number of piperidine rings is 1. The highest BCUT2D eigenvalue weighted by Crippen LogP contribution is 2.27. The van der Waals surface area contributed by atoms with Crippen LogP contribution >= 0.6 is 0 Å². The number of para-hydroxylation sites is 2. The SMILES string of the molecule is [B]C([B])CC1CCN(c2ccn3c(n2)nc2ccccc23)CC1. The third kappa shape index (κ3) is 2.82. The molecular weight excluding hydrogens is 282 g/mol. The van der Waals surface area contributed by atoms with Gasteiger partial charge in [-0.1, -0.05) is 18.6 Å². The zero-order valence-electron chi connectivity index (χ0n) is 13.1. The van der Waals surface area contributed by atoms with Crippen molar-refractivity contribution in [2.24, 2.45) is 5.92 Å². The van der Waals surface area contributed by atoms with E-state index in [1.54, 1.807) is 0 Å². The molecule has 112 valence electrons. The quantitative estimate of drug-likeness (QED) is 0.697. The molecule has 0 N–H and O–H groups in total. The lowest BCUT2D eigenvalue weighted by Gasteiger charge is -2.33. The topological polar surface area (TPSA) is 33.4 Å². The molecule has 1 aliphatic heterocycles. The predicted molar refractivity (Wildman–Crippen MR) is 95.3 cm³/mol. The van der Waals surface area contributed by atoms with Crippen LogP contribution in [-0.2, 0) is 0 Å². The van der Waals surface area contributed by atoms with E-state index < -0.39 is 0 Å². The summed E-state index contributed by atoms with van der Waals surface area (Å²) in [5.74, 6) is 2.39.